The highest BCUT2D eigenvalue weighted by Crippen LogP contribution is 2.31. The molecule has 0 bridgehead atoms. The summed E-state index contributed by atoms with van der Waals surface area (Å²) < 4.78 is 9.11. The van der Waals surface area contributed by atoms with E-state index in [0.29, 0.717) is 11.4 Å². The van der Waals surface area contributed by atoms with E-state index >= 15 is 0 Å². The fourth-order valence-electron chi connectivity index (χ4n) is 4.18. The van der Waals surface area contributed by atoms with E-state index in [1.165, 1.54) is 6.42 Å². The molecule has 4 heterocycles. The minimum absolute atomic E-state index is 0.242. The molecule has 8 heteroatoms. The van der Waals surface area contributed by atoms with Crippen LogP contribution in [0.25, 0.3) is 32.4 Å². The van der Waals surface area contributed by atoms with Crippen LogP contribution in [0.1, 0.15) is 35.6 Å². The first-order chi connectivity index (χ1) is 16.2. The van der Waals surface area contributed by atoms with Gasteiger partial charge in [0.2, 0.25) is 0 Å². The fourth-order valence-corrected chi connectivity index (χ4v) is 5.11. The number of furan rings is 1. The van der Waals surface area contributed by atoms with Gasteiger partial charge in [-0.1, -0.05) is 30.7 Å². The van der Waals surface area contributed by atoms with E-state index < -0.39 is 0 Å². The number of thiazole rings is 1. The van der Waals surface area contributed by atoms with E-state index in [2.05, 4.69) is 25.1 Å². The van der Waals surface area contributed by atoms with Crippen LogP contribution in [0.5, 0.6) is 0 Å². The second kappa shape index (κ2) is 8.29. The second-order valence-electron chi connectivity index (χ2n) is 8.09. The van der Waals surface area contributed by atoms with Crippen LogP contribution in [0.2, 0.25) is 0 Å². The summed E-state index contributed by atoms with van der Waals surface area (Å²) in [5.74, 6) is 2.40. The van der Waals surface area contributed by atoms with Gasteiger partial charge in [-0.15, -0.1) is 21.5 Å². The third kappa shape index (κ3) is 3.82. The van der Waals surface area contributed by atoms with E-state index in [1.54, 1.807) is 23.5 Å². The minimum atomic E-state index is -0.306. The summed E-state index contributed by atoms with van der Waals surface area (Å²) >= 11 is 1.54. The van der Waals surface area contributed by atoms with E-state index in [-0.39, 0.29) is 11.7 Å². The zero-order chi connectivity index (χ0) is 22.2. The number of hydrogen-bond acceptors (Lipinski definition) is 6. The highest BCUT2D eigenvalue weighted by molar-refractivity contribution is 7.21. The summed E-state index contributed by atoms with van der Waals surface area (Å²) in [5.41, 5.74) is 2.53. The summed E-state index contributed by atoms with van der Waals surface area (Å²) in [7, 11) is 0. The van der Waals surface area contributed by atoms with Crippen LogP contribution < -0.4 is 5.32 Å². The van der Waals surface area contributed by atoms with Crippen LogP contribution in [0.3, 0.4) is 0 Å². The largest absolute Gasteiger partial charge is 0.448 e. The van der Waals surface area contributed by atoms with Gasteiger partial charge >= 0.3 is 0 Å². The maximum absolute atomic E-state index is 12.9. The second-order valence-corrected chi connectivity index (χ2v) is 9.12. The van der Waals surface area contributed by atoms with Crippen LogP contribution >= 0.6 is 11.3 Å². The summed E-state index contributed by atoms with van der Waals surface area (Å²) in [6.07, 6.45) is 4.44. The number of carbonyl (C=O) groups excluding carboxylic acids is 1. The molecule has 1 N–H and O–H groups in total. The molecule has 0 unspecified atom stereocenters. The molecule has 6 rings (SSSR count). The van der Waals surface area contributed by atoms with Crippen molar-refractivity contribution in [3.8, 4) is 22.2 Å². The number of rotatable bonds is 4. The lowest BCUT2D eigenvalue weighted by Gasteiger charge is -2.09. The lowest BCUT2D eigenvalue weighted by molar-refractivity contribution is 0.0997. The monoisotopic (exact) mass is 455 g/mol. The van der Waals surface area contributed by atoms with Crippen molar-refractivity contribution >= 4 is 33.1 Å². The molecule has 0 radical (unpaired) electrons. The third-order valence-corrected chi connectivity index (χ3v) is 6.87. The van der Waals surface area contributed by atoms with Crippen molar-refractivity contribution < 1.29 is 9.21 Å². The molecular formula is C25H21N5O2S. The Morgan fingerprint density at radius 3 is 2.88 bits per heavy atom. The van der Waals surface area contributed by atoms with Crippen LogP contribution in [-0.4, -0.2) is 25.7 Å². The molecule has 0 saturated heterocycles. The maximum Gasteiger partial charge on any atom is 0.291 e. The SMILES string of the molecule is O=C(Nc1cccc(-c2nnc3n2CCCCC3)c1)c1ccc(-c2nc3ccccc3s2)o1. The van der Waals surface area contributed by atoms with E-state index in [9.17, 15) is 4.79 Å². The zero-order valence-corrected chi connectivity index (χ0v) is 18.6. The predicted molar refractivity (Wildman–Crippen MR) is 128 cm³/mol. The smallest absolute Gasteiger partial charge is 0.291 e. The van der Waals surface area contributed by atoms with Gasteiger partial charge < -0.3 is 14.3 Å². The van der Waals surface area contributed by atoms with Gasteiger partial charge in [0.15, 0.2) is 22.4 Å². The Morgan fingerprint density at radius 1 is 1.00 bits per heavy atom. The highest BCUT2D eigenvalue weighted by atomic mass is 32.1. The topological polar surface area (TPSA) is 85.8 Å². The number of anilines is 1. The molecule has 1 aliphatic rings. The third-order valence-electron chi connectivity index (χ3n) is 5.82. The molecule has 1 aliphatic heterocycles. The van der Waals surface area contributed by atoms with Crippen molar-refractivity contribution in [1.29, 1.82) is 0 Å². The van der Waals surface area contributed by atoms with Crippen LogP contribution in [-0.2, 0) is 13.0 Å². The van der Waals surface area contributed by atoms with Crippen molar-refractivity contribution in [2.75, 3.05) is 5.32 Å². The summed E-state index contributed by atoms with van der Waals surface area (Å²) in [6.45, 7) is 0.926. The van der Waals surface area contributed by atoms with Crippen LogP contribution in [0, 0.1) is 0 Å². The molecule has 0 fully saturated rings. The maximum atomic E-state index is 12.9. The number of nitrogens with one attached hydrogen (secondary N) is 1. The minimum Gasteiger partial charge on any atom is -0.448 e. The van der Waals surface area contributed by atoms with Crippen molar-refractivity contribution in [1.82, 2.24) is 19.7 Å². The Labute approximate surface area is 194 Å². The molecule has 5 aromatic rings. The number of aryl methyl sites for hydroxylation is 1. The summed E-state index contributed by atoms with van der Waals surface area (Å²) in [4.78, 5) is 17.5. The van der Waals surface area contributed by atoms with Crippen molar-refractivity contribution in [2.45, 2.75) is 32.2 Å². The number of fused-ring (bicyclic) bond motifs is 2. The predicted octanol–water partition coefficient (Wildman–Crippen LogP) is 5.79. The molecule has 164 valence electrons. The normalized spacial score (nSPS) is 13.6. The summed E-state index contributed by atoms with van der Waals surface area (Å²) in [5, 5.41) is 12.5. The average Bonchev–Trinajstić information content (AvgIpc) is 3.54. The standard InChI is InChI=1S/C25H21N5O2S/c31-24(19-12-13-20(32-19)25-27-18-9-3-4-10-21(18)33-25)26-17-8-6-7-16(15-17)23-29-28-22-11-2-1-5-14-30(22)23/h3-4,6-10,12-13,15H,1-2,5,11,14H2,(H,26,31). The molecule has 0 spiro atoms. The Kier molecular flexibility index (Phi) is 4.99. The molecule has 1 amide bonds. The average molecular weight is 456 g/mol. The number of amides is 1. The fraction of sp³-hybridized carbons (Fsp3) is 0.200. The quantitative estimate of drug-likeness (QED) is 0.370. The van der Waals surface area contributed by atoms with Gasteiger partial charge in [0.05, 0.1) is 10.2 Å². The number of para-hydroxylation sites is 1. The summed E-state index contributed by atoms with van der Waals surface area (Å²) in [6, 6.07) is 19.1. The van der Waals surface area contributed by atoms with Gasteiger partial charge in [-0.05, 0) is 49.2 Å². The van der Waals surface area contributed by atoms with Gasteiger partial charge in [0.25, 0.3) is 5.91 Å². The number of nitrogens with zero attached hydrogens (tertiary/aromatic N) is 4. The van der Waals surface area contributed by atoms with Gasteiger partial charge in [-0.2, -0.15) is 0 Å². The van der Waals surface area contributed by atoms with E-state index in [0.717, 1.165) is 58.2 Å². The number of hydrogen-bond donors (Lipinski definition) is 1. The van der Waals surface area contributed by atoms with Crippen molar-refractivity contribution in [2.24, 2.45) is 0 Å². The highest BCUT2D eigenvalue weighted by Gasteiger charge is 2.18. The van der Waals surface area contributed by atoms with Crippen LogP contribution in [0.4, 0.5) is 5.69 Å². The van der Waals surface area contributed by atoms with Gasteiger partial charge in [-0.3, -0.25) is 4.79 Å². The molecule has 0 atom stereocenters. The van der Waals surface area contributed by atoms with Gasteiger partial charge in [0.1, 0.15) is 5.82 Å². The first-order valence-corrected chi connectivity index (χ1v) is 11.9. The molecule has 0 saturated carbocycles. The molecular weight excluding hydrogens is 434 g/mol. The molecule has 33 heavy (non-hydrogen) atoms. The Morgan fingerprint density at radius 2 is 1.94 bits per heavy atom. The van der Waals surface area contributed by atoms with E-state index in [4.69, 9.17) is 4.42 Å². The number of benzene rings is 2. The number of carbonyl (C=O) groups is 1. The van der Waals surface area contributed by atoms with Crippen molar-refractivity contribution in [3.05, 3.63) is 72.2 Å². The Hall–Kier alpha value is -3.78. The first kappa shape index (κ1) is 19.9. The lowest BCUT2D eigenvalue weighted by atomic mass is 10.2. The van der Waals surface area contributed by atoms with Crippen LogP contribution in [0.15, 0.2) is 65.1 Å². The molecule has 0 aliphatic carbocycles. The van der Waals surface area contributed by atoms with Gasteiger partial charge in [-0.25, -0.2) is 4.98 Å². The Balaban J connectivity index is 1.23. The first-order valence-electron chi connectivity index (χ1n) is 11.0. The lowest BCUT2D eigenvalue weighted by Crippen LogP contribution is -2.11. The van der Waals surface area contributed by atoms with Crippen molar-refractivity contribution in [3.63, 3.8) is 0 Å². The van der Waals surface area contributed by atoms with E-state index in [1.807, 2.05) is 48.5 Å². The molecule has 3 aromatic heterocycles. The zero-order valence-electron chi connectivity index (χ0n) is 17.8. The molecule has 7 nitrogen and oxygen atoms in total. The van der Waals surface area contributed by atoms with Gasteiger partial charge in [0, 0.05) is 24.2 Å². The molecule has 2 aromatic carbocycles. The number of aromatic nitrogens is 4. The Bertz CT molecular complexity index is 1430.